The highest BCUT2D eigenvalue weighted by Crippen LogP contribution is 2.28. The maximum Gasteiger partial charge on any atom is 0.282 e. The molecule has 1 aromatic heterocycles. The molecule has 0 spiro atoms. The van der Waals surface area contributed by atoms with Gasteiger partial charge in [-0.15, -0.1) is 0 Å². The van der Waals surface area contributed by atoms with E-state index >= 15 is 0 Å². The second-order valence-corrected chi connectivity index (χ2v) is 8.25. The average Bonchev–Trinajstić information content (AvgIpc) is 3.50. The highest BCUT2D eigenvalue weighted by atomic mass is 16.3. The van der Waals surface area contributed by atoms with Gasteiger partial charge >= 0.3 is 0 Å². The first-order chi connectivity index (χ1) is 17.0. The van der Waals surface area contributed by atoms with Gasteiger partial charge in [0.15, 0.2) is 0 Å². The summed E-state index contributed by atoms with van der Waals surface area (Å²) in [7, 11) is 0. The van der Waals surface area contributed by atoms with E-state index in [0.29, 0.717) is 22.8 Å². The number of aryl methyl sites for hydroxylation is 2. The van der Waals surface area contributed by atoms with Crippen molar-refractivity contribution in [1.29, 1.82) is 0 Å². The summed E-state index contributed by atoms with van der Waals surface area (Å²) < 4.78 is 5.37. The molecule has 0 atom stereocenters. The second-order valence-electron chi connectivity index (χ2n) is 8.25. The Hall–Kier alpha value is -4.71. The van der Waals surface area contributed by atoms with Crippen LogP contribution in [-0.2, 0) is 4.79 Å². The zero-order valence-electron chi connectivity index (χ0n) is 19.4. The molecule has 2 heterocycles. The zero-order chi connectivity index (χ0) is 24.4. The average molecular weight is 462 g/mol. The summed E-state index contributed by atoms with van der Waals surface area (Å²) in [6, 6.07) is 25.9. The van der Waals surface area contributed by atoms with Crippen LogP contribution < -0.4 is 10.2 Å². The van der Waals surface area contributed by atoms with Gasteiger partial charge in [0.25, 0.3) is 11.8 Å². The normalized spacial score (nSPS) is 14.3. The van der Waals surface area contributed by atoms with Crippen molar-refractivity contribution in [3.8, 4) is 0 Å². The smallest absolute Gasteiger partial charge is 0.282 e. The minimum atomic E-state index is -0.270. The van der Waals surface area contributed by atoms with Gasteiger partial charge in [-0.2, -0.15) is 0 Å². The number of nitrogens with zero attached hydrogens (tertiary/aromatic N) is 2. The Morgan fingerprint density at radius 2 is 1.60 bits per heavy atom. The van der Waals surface area contributed by atoms with Crippen LogP contribution in [0.1, 0.15) is 32.8 Å². The molecule has 0 aliphatic carbocycles. The first-order valence-corrected chi connectivity index (χ1v) is 11.2. The molecule has 0 fully saturated rings. The third-order valence-electron chi connectivity index (χ3n) is 5.82. The molecule has 0 saturated heterocycles. The Balaban J connectivity index is 1.45. The SMILES string of the molecule is Cc1cccc(C)c1NC(=O)c1ccc(N2C(=O)/C(=C/c3ccco3)N=C2c2ccccc2)cc1. The number of carbonyl (C=O) groups is 2. The van der Waals surface area contributed by atoms with E-state index in [2.05, 4.69) is 10.3 Å². The van der Waals surface area contributed by atoms with E-state index in [1.807, 2.05) is 62.4 Å². The minimum absolute atomic E-state index is 0.211. The Bertz CT molecular complexity index is 1430. The summed E-state index contributed by atoms with van der Waals surface area (Å²) in [5.74, 6) is 0.580. The van der Waals surface area contributed by atoms with E-state index in [1.54, 1.807) is 53.6 Å². The lowest BCUT2D eigenvalue weighted by Crippen LogP contribution is -2.32. The summed E-state index contributed by atoms with van der Waals surface area (Å²) in [6.45, 7) is 3.92. The van der Waals surface area contributed by atoms with Crippen LogP contribution in [0.5, 0.6) is 0 Å². The molecule has 2 amide bonds. The van der Waals surface area contributed by atoms with Crippen LogP contribution in [0.4, 0.5) is 11.4 Å². The number of carbonyl (C=O) groups excluding carboxylic acids is 2. The van der Waals surface area contributed by atoms with Crippen molar-refractivity contribution in [3.05, 3.63) is 125 Å². The van der Waals surface area contributed by atoms with Gasteiger partial charge < -0.3 is 9.73 Å². The molecule has 1 N–H and O–H groups in total. The number of amides is 2. The molecule has 0 saturated carbocycles. The summed E-state index contributed by atoms with van der Waals surface area (Å²) in [5, 5.41) is 3.00. The molecule has 6 heteroatoms. The van der Waals surface area contributed by atoms with Gasteiger partial charge in [-0.05, 0) is 61.4 Å². The van der Waals surface area contributed by atoms with Crippen LogP contribution in [0, 0.1) is 13.8 Å². The number of anilines is 2. The maximum absolute atomic E-state index is 13.4. The first-order valence-electron chi connectivity index (χ1n) is 11.2. The number of aliphatic imine (C=N–C) groups is 1. The van der Waals surface area contributed by atoms with E-state index in [-0.39, 0.29) is 17.5 Å². The standard InChI is InChI=1S/C29H23N3O3/c1-19-8-6-9-20(2)26(19)31-28(33)22-13-15-23(16-14-22)32-27(21-10-4-3-5-11-21)30-25(29(32)34)18-24-12-7-17-35-24/h3-18H,1-2H3,(H,31,33)/b25-18-. The third kappa shape index (κ3) is 4.42. The molecule has 0 bridgehead atoms. The van der Waals surface area contributed by atoms with Gasteiger partial charge in [0.1, 0.15) is 17.3 Å². The molecule has 172 valence electrons. The number of benzene rings is 3. The van der Waals surface area contributed by atoms with Gasteiger partial charge in [-0.25, -0.2) is 4.99 Å². The maximum atomic E-state index is 13.4. The quantitative estimate of drug-likeness (QED) is 0.371. The minimum Gasteiger partial charge on any atom is -0.465 e. The number of hydrogen-bond acceptors (Lipinski definition) is 4. The molecule has 1 aliphatic rings. The summed E-state index contributed by atoms with van der Waals surface area (Å²) >= 11 is 0. The number of rotatable bonds is 5. The fraction of sp³-hybridized carbons (Fsp3) is 0.0690. The molecule has 3 aromatic carbocycles. The molecule has 4 aromatic rings. The Labute approximate surface area is 203 Å². The van der Waals surface area contributed by atoms with Crippen molar-refractivity contribution in [2.75, 3.05) is 10.2 Å². The van der Waals surface area contributed by atoms with Gasteiger partial charge in [0, 0.05) is 22.9 Å². The molecule has 0 radical (unpaired) electrons. The van der Waals surface area contributed by atoms with Crippen LogP contribution in [0.25, 0.3) is 6.08 Å². The van der Waals surface area contributed by atoms with Crippen LogP contribution >= 0.6 is 0 Å². The lowest BCUT2D eigenvalue weighted by Gasteiger charge is -2.19. The Kier molecular flexibility index (Phi) is 5.85. The first kappa shape index (κ1) is 22.1. The topological polar surface area (TPSA) is 74.9 Å². The molecule has 0 unspecified atom stereocenters. The Morgan fingerprint density at radius 3 is 2.26 bits per heavy atom. The van der Waals surface area contributed by atoms with Gasteiger partial charge in [-0.1, -0.05) is 48.5 Å². The molecular weight excluding hydrogens is 438 g/mol. The van der Waals surface area contributed by atoms with Gasteiger partial charge in [0.05, 0.1) is 12.0 Å². The molecule has 6 nitrogen and oxygen atoms in total. The summed E-state index contributed by atoms with van der Waals surface area (Å²) in [4.78, 5) is 32.4. The fourth-order valence-corrected chi connectivity index (χ4v) is 4.00. The predicted molar refractivity (Wildman–Crippen MR) is 137 cm³/mol. The van der Waals surface area contributed by atoms with Crippen molar-refractivity contribution in [2.45, 2.75) is 13.8 Å². The molecule has 35 heavy (non-hydrogen) atoms. The largest absolute Gasteiger partial charge is 0.465 e. The lowest BCUT2D eigenvalue weighted by molar-refractivity contribution is -0.113. The van der Waals surface area contributed by atoms with E-state index in [1.165, 1.54) is 0 Å². The summed E-state index contributed by atoms with van der Waals surface area (Å²) in [5.41, 5.74) is 4.99. The number of furan rings is 1. The van der Waals surface area contributed by atoms with Crippen molar-refractivity contribution < 1.29 is 14.0 Å². The number of amidine groups is 1. The van der Waals surface area contributed by atoms with Gasteiger partial charge in [-0.3, -0.25) is 14.5 Å². The Morgan fingerprint density at radius 1 is 0.886 bits per heavy atom. The molecular formula is C29H23N3O3. The van der Waals surface area contributed by atoms with Crippen molar-refractivity contribution >= 4 is 35.1 Å². The highest BCUT2D eigenvalue weighted by molar-refractivity contribution is 6.33. The number of hydrogen-bond donors (Lipinski definition) is 1. The van der Waals surface area contributed by atoms with Crippen molar-refractivity contribution in [3.63, 3.8) is 0 Å². The third-order valence-corrected chi connectivity index (χ3v) is 5.82. The van der Waals surface area contributed by atoms with E-state index in [4.69, 9.17) is 4.42 Å². The van der Waals surface area contributed by atoms with Crippen LogP contribution in [0.15, 0.2) is 106 Å². The second kappa shape index (κ2) is 9.27. The van der Waals surface area contributed by atoms with E-state index < -0.39 is 0 Å². The fourth-order valence-electron chi connectivity index (χ4n) is 4.00. The molecule has 5 rings (SSSR count). The van der Waals surface area contributed by atoms with Gasteiger partial charge in [0.2, 0.25) is 0 Å². The van der Waals surface area contributed by atoms with Crippen molar-refractivity contribution in [1.82, 2.24) is 0 Å². The predicted octanol–water partition coefficient (Wildman–Crippen LogP) is 5.98. The van der Waals surface area contributed by atoms with Crippen LogP contribution in [0.2, 0.25) is 0 Å². The number of para-hydroxylation sites is 1. The zero-order valence-corrected chi connectivity index (χ0v) is 19.4. The van der Waals surface area contributed by atoms with Crippen molar-refractivity contribution in [2.24, 2.45) is 4.99 Å². The summed E-state index contributed by atoms with van der Waals surface area (Å²) in [6.07, 6.45) is 3.17. The van der Waals surface area contributed by atoms with Crippen LogP contribution in [-0.4, -0.2) is 17.6 Å². The molecule has 1 aliphatic heterocycles. The van der Waals surface area contributed by atoms with Crippen LogP contribution in [0.3, 0.4) is 0 Å². The monoisotopic (exact) mass is 461 g/mol. The highest BCUT2D eigenvalue weighted by Gasteiger charge is 2.32. The van der Waals surface area contributed by atoms with E-state index in [9.17, 15) is 9.59 Å². The van der Waals surface area contributed by atoms with E-state index in [0.717, 1.165) is 22.4 Å². The number of nitrogens with one attached hydrogen (secondary N) is 1. The lowest BCUT2D eigenvalue weighted by atomic mass is 10.1.